The molecular formula is C25H24F3N3O6. The molecule has 1 unspecified atom stereocenters. The molecule has 0 bridgehead atoms. The topological polar surface area (TPSA) is 111 Å². The number of ether oxygens (including phenoxy) is 2. The van der Waals surface area contributed by atoms with Crippen LogP contribution in [0, 0.1) is 17.5 Å². The molecule has 0 fully saturated rings. The van der Waals surface area contributed by atoms with Crippen molar-refractivity contribution in [2.75, 3.05) is 13.6 Å². The average Bonchev–Trinajstić information content (AvgIpc) is 3.29. The number of likely N-dealkylation sites (N-methyl/N-ethyl adjacent to an activating group) is 1. The van der Waals surface area contributed by atoms with Gasteiger partial charge in [0.25, 0.3) is 0 Å². The maximum absolute atomic E-state index is 13.9. The number of rotatable bonds is 6. The molecule has 0 saturated carbocycles. The van der Waals surface area contributed by atoms with Crippen molar-refractivity contribution in [1.29, 1.82) is 0 Å². The molecule has 1 heterocycles. The van der Waals surface area contributed by atoms with Gasteiger partial charge < -0.3 is 19.5 Å². The molecule has 0 spiro atoms. The first-order valence-electron chi connectivity index (χ1n) is 10.9. The summed E-state index contributed by atoms with van der Waals surface area (Å²) in [6.45, 7) is 5.08. The second-order valence-corrected chi connectivity index (χ2v) is 9.03. The van der Waals surface area contributed by atoms with E-state index in [4.69, 9.17) is 9.47 Å². The molecule has 1 amide bonds. The Morgan fingerprint density at radius 3 is 2.27 bits per heavy atom. The molecule has 2 aromatic carbocycles. The number of carbonyl (C=O) groups is 3. The Kier molecular flexibility index (Phi) is 7.90. The Balaban J connectivity index is 1.89. The summed E-state index contributed by atoms with van der Waals surface area (Å²) >= 11 is 0. The van der Waals surface area contributed by atoms with Gasteiger partial charge in [0.1, 0.15) is 28.6 Å². The highest BCUT2D eigenvalue weighted by molar-refractivity contribution is 5.91. The number of carboxylic acid groups (broad SMARTS) is 1. The standard InChI is InChI=1S/C25H24F3N3O6/c1-25(2,3)37-24(35)30(4)13-16(21-29-11-12-31(21)23(33)34)14-5-7-15(8-6-14)36-22(32)19-17(26)9-10-18(27)20(19)28/h5-12,16H,13H2,1-4H3,(H,33,34). The lowest BCUT2D eigenvalue weighted by Crippen LogP contribution is -2.37. The van der Waals surface area contributed by atoms with Crippen LogP contribution in [0.1, 0.15) is 48.4 Å². The third-order valence-electron chi connectivity index (χ3n) is 5.09. The van der Waals surface area contributed by atoms with Crippen LogP contribution >= 0.6 is 0 Å². The highest BCUT2D eigenvalue weighted by Crippen LogP contribution is 2.28. The minimum Gasteiger partial charge on any atom is -0.464 e. The van der Waals surface area contributed by atoms with E-state index in [1.165, 1.54) is 48.6 Å². The fourth-order valence-electron chi connectivity index (χ4n) is 3.40. The van der Waals surface area contributed by atoms with E-state index in [1.807, 2.05) is 0 Å². The number of halogens is 3. The molecule has 12 heteroatoms. The Labute approximate surface area is 210 Å². The van der Waals surface area contributed by atoms with Crippen LogP contribution in [0.2, 0.25) is 0 Å². The molecule has 1 aromatic heterocycles. The number of aromatic nitrogens is 2. The summed E-state index contributed by atoms with van der Waals surface area (Å²) in [6.07, 6.45) is 0.608. The van der Waals surface area contributed by atoms with Crippen LogP contribution in [0.5, 0.6) is 5.75 Å². The van der Waals surface area contributed by atoms with Crippen LogP contribution in [0.3, 0.4) is 0 Å². The van der Waals surface area contributed by atoms with Crippen molar-refractivity contribution >= 4 is 18.2 Å². The van der Waals surface area contributed by atoms with E-state index in [2.05, 4.69) is 4.98 Å². The van der Waals surface area contributed by atoms with E-state index < -0.39 is 52.7 Å². The average molecular weight is 519 g/mol. The van der Waals surface area contributed by atoms with Crippen LogP contribution in [-0.2, 0) is 4.74 Å². The highest BCUT2D eigenvalue weighted by Gasteiger charge is 2.28. The minimum atomic E-state index is -1.67. The lowest BCUT2D eigenvalue weighted by molar-refractivity contribution is 0.0292. The molecule has 196 valence electrons. The molecule has 37 heavy (non-hydrogen) atoms. The lowest BCUT2D eigenvalue weighted by Gasteiger charge is -2.27. The van der Waals surface area contributed by atoms with Gasteiger partial charge in [-0.05, 0) is 50.6 Å². The van der Waals surface area contributed by atoms with Crippen LogP contribution in [0.15, 0.2) is 48.8 Å². The van der Waals surface area contributed by atoms with Gasteiger partial charge in [0.15, 0.2) is 11.6 Å². The summed E-state index contributed by atoms with van der Waals surface area (Å²) in [7, 11) is 1.48. The molecular weight excluding hydrogens is 495 g/mol. The van der Waals surface area contributed by atoms with Crippen molar-refractivity contribution in [2.45, 2.75) is 32.3 Å². The largest absolute Gasteiger partial charge is 0.464 e. The van der Waals surface area contributed by atoms with Crippen molar-refractivity contribution in [3.8, 4) is 5.75 Å². The maximum Gasteiger partial charge on any atom is 0.417 e. The molecule has 0 radical (unpaired) electrons. The Bertz CT molecular complexity index is 1320. The van der Waals surface area contributed by atoms with Gasteiger partial charge in [0.05, 0.1) is 5.92 Å². The van der Waals surface area contributed by atoms with Gasteiger partial charge in [-0.25, -0.2) is 37.1 Å². The predicted octanol–water partition coefficient (Wildman–Crippen LogP) is 5.04. The Morgan fingerprint density at radius 2 is 1.68 bits per heavy atom. The van der Waals surface area contributed by atoms with Crippen molar-refractivity contribution in [2.24, 2.45) is 0 Å². The summed E-state index contributed by atoms with van der Waals surface area (Å²) in [4.78, 5) is 41.9. The van der Waals surface area contributed by atoms with Gasteiger partial charge in [0.2, 0.25) is 0 Å². The summed E-state index contributed by atoms with van der Waals surface area (Å²) in [6, 6.07) is 6.69. The SMILES string of the molecule is CN(CC(c1ccc(OC(=O)c2c(F)ccc(F)c2F)cc1)c1nccn1C(=O)O)C(=O)OC(C)(C)C. The summed E-state index contributed by atoms with van der Waals surface area (Å²) in [5, 5.41) is 9.53. The van der Waals surface area contributed by atoms with Gasteiger partial charge in [-0.15, -0.1) is 0 Å². The van der Waals surface area contributed by atoms with Crippen LogP contribution < -0.4 is 4.74 Å². The quantitative estimate of drug-likeness (QED) is 0.276. The number of esters is 1. The predicted molar refractivity (Wildman–Crippen MR) is 124 cm³/mol. The van der Waals surface area contributed by atoms with Crippen LogP contribution in [-0.4, -0.2) is 56.9 Å². The first kappa shape index (κ1) is 27.2. The normalized spacial score (nSPS) is 12.1. The number of carbonyl (C=O) groups excluding carboxylic acids is 2. The molecule has 0 saturated heterocycles. The molecule has 3 aromatic rings. The number of benzene rings is 2. The zero-order chi connectivity index (χ0) is 27.5. The zero-order valence-electron chi connectivity index (χ0n) is 20.4. The molecule has 9 nitrogen and oxygen atoms in total. The van der Waals surface area contributed by atoms with Gasteiger partial charge in [-0.3, -0.25) is 0 Å². The number of hydrogen-bond donors (Lipinski definition) is 1. The minimum absolute atomic E-state index is 0.0297. The fraction of sp³-hybridized carbons (Fsp3) is 0.280. The first-order valence-corrected chi connectivity index (χ1v) is 10.9. The van der Waals surface area contributed by atoms with E-state index in [-0.39, 0.29) is 18.1 Å². The monoisotopic (exact) mass is 519 g/mol. The van der Waals surface area contributed by atoms with E-state index >= 15 is 0 Å². The molecule has 0 aliphatic carbocycles. The second kappa shape index (κ2) is 10.7. The molecule has 1 N–H and O–H groups in total. The van der Waals surface area contributed by atoms with E-state index in [9.17, 15) is 32.7 Å². The number of nitrogens with zero attached hydrogens (tertiary/aromatic N) is 3. The van der Waals surface area contributed by atoms with Crippen LogP contribution in [0.25, 0.3) is 0 Å². The summed E-state index contributed by atoms with van der Waals surface area (Å²) in [5.41, 5.74) is -1.46. The fourth-order valence-corrected chi connectivity index (χ4v) is 3.40. The molecule has 3 rings (SSSR count). The third kappa shape index (κ3) is 6.46. The number of amides is 1. The van der Waals surface area contributed by atoms with E-state index in [0.29, 0.717) is 17.7 Å². The van der Waals surface area contributed by atoms with E-state index in [0.717, 1.165) is 4.57 Å². The first-order chi connectivity index (χ1) is 17.3. The molecule has 1 atom stereocenters. The van der Waals surface area contributed by atoms with E-state index in [1.54, 1.807) is 20.8 Å². The van der Waals surface area contributed by atoms with Gasteiger partial charge in [-0.2, -0.15) is 0 Å². The number of hydrogen-bond acceptors (Lipinski definition) is 6. The summed E-state index contributed by atoms with van der Waals surface area (Å²) in [5.74, 6) is -6.57. The van der Waals surface area contributed by atoms with Crippen molar-refractivity contribution in [1.82, 2.24) is 14.5 Å². The van der Waals surface area contributed by atoms with Crippen molar-refractivity contribution < 1.29 is 42.1 Å². The van der Waals surface area contributed by atoms with Gasteiger partial charge in [-0.1, -0.05) is 12.1 Å². The number of imidazole rings is 1. The zero-order valence-corrected chi connectivity index (χ0v) is 20.4. The highest BCUT2D eigenvalue weighted by atomic mass is 19.2. The van der Waals surface area contributed by atoms with Crippen LogP contribution in [0.4, 0.5) is 22.8 Å². The van der Waals surface area contributed by atoms with Gasteiger partial charge in [0, 0.05) is 26.0 Å². The second-order valence-electron chi connectivity index (χ2n) is 9.03. The van der Waals surface area contributed by atoms with Crippen molar-refractivity contribution in [3.63, 3.8) is 0 Å². The Morgan fingerprint density at radius 1 is 1.05 bits per heavy atom. The van der Waals surface area contributed by atoms with Crippen molar-refractivity contribution in [3.05, 3.63) is 83.2 Å². The third-order valence-corrected chi connectivity index (χ3v) is 5.09. The smallest absolute Gasteiger partial charge is 0.417 e. The molecule has 0 aliphatic heterocycles. The summed E-state index contributed by atoms with van der Waals surface area (Å²) < 4.78 is 52.5. The maximum atomic E-state index is 13.9. The lowest BCUT2D eigenvalue weighted by atomic mass is 9.97. The Hall–Kier alpha value is -4.35. The van der Waals surface area contributed by atoms with Gasteiger partial charge >= 0.3 is 18.2 Å². The molecule has 0 aliphatic rings.